The molecule has 17 heavy (non-hydrogen) atoms. The van der Waals surface area contributed by atoms with Crippen LogP contribution in [0, 0.1) is 5.92 Å². The van der Waals surface area contributed by atoms with Crippen molar-refractivity contribution in [3.63, 3.8) is 0 Å². The lowest BCUT2D eigenvalue weighted by molar-refractivity contribution is 0.0683. The Morgan fingerprint density at radius 1 is 1.35 bits per heavy atom. The molecular formula is C13H19N3O. The summed E-state index contributed by atoms with van der Waals surface area (Å²) >= 11 is 0. The van der Waals surface area contributed by atoms with Gasteiger partial charge in [-0.05, 0) is 37.0 Å². The molecule has 0 saturated carbocycles. The highest BCUT2D eigenvalue weighted by molar-refractivity contribution is 5.96. The highest BCUT2D eigenvalue weighted by Crippen LogP contribution is 2.21. The average molecular weight is 233 g/mol. The van der Waals surface area contributed by atoms with Gasteiger partial charge in [0.2, 0.25) is 0 Å². The maximum Gasteiger partial charge on any atom is 0.253 e. The number of piperidine rings is 1. The topological polar surface area (TPSA) is 72.3 Å². The number of nitrogens with two attached hydrogens (primary N) is 2. The third-order valence-electron chi connectivity index (χ3n) is 3.28. The summed E-state index contributed by atoms with van der Waals surface area (Å²) in [6.45, 7) is 3.85. The first kappa shape index (κ1) is 11.8. The standard InChI is InChI=1S/C13H19N3O/c1-9-3-2-6-16(8-9)13(17)10-4-5-11(14)12(15)7-10/h4-5,7,9H,2-3,6,8,14-15H2,1H3. The summed E-state index contributed by atoms with van der Waals surface area (Å²) in [6, 6.07) is 5.10. The summed E-state index contributed by atoms with van der Waals surface area (Å²) in [5, 5.41) is 0. The molecule has 1 aliphatic rings. The molecule has 1 heterocycles. The van der Waals surface area contributed by atoms with Crippen molar-refractivity contribution in [1.82, 2.24) is 4.90 Å². The van der Waals surface area contributed by atoms with Crippen molar-refractivity contribution in [3.8, 4) is 0 Å². The van der Waals surface area contributed by atoms with Gasteiger partial charge in [-0.2, -0.15) is 0 Å². The van der Waals surface area contributed by atoms with Crippen molar-refractivity contribution in [1.29, 1.82) is 0 Å². The number of carbonyl (C=O) groups is 1. The average Bonchev–Trinajstić information content (AvgIpc) is 2.32. The summed E-state index contributed by atoms with van der Waals surface area (Å²) < 4.78 is 0. The van der Waals surface area contributed by atoms with Gasteiger partial charge in [0, 0.05) is 18.7 Å². The lowest BCUT2D eigenvalue weighted by atomic mass is 9.99. The highest BCUT2D eigenvalue weighted by Gasteiger charge is 2.22. The van der Waals surface area contributed by atoms with Crippen molar-refractivity contribution in [3.05, 3.63) is 23.8 Å². The molecular weight excluding hydrogens is 214 g/mol. The Balaban J connectivity index is 2.15. The molecule has 4 N–H and O–H groups in total. The Kier molecular flexibility index (Phi) is 3.22. The second-order valence-electron chi connectivity index (χ2n) is 4.84. The summed E-state index contributed by atoms with van der Waals surface area (Å²) in [7, 11) is 0. The van der Waals surface area contributed by atoms with E-state index < -0.39 is 0 Å². The molecule has 1 aromatic carbocycles. The fraction of sp³-hybridized carbons (Fsp3) is 0.462. The van der Waals surface area contributed by atoms with Gasteiger partial charge >= 0.3 is 0 Å². The first-order valence-electron chi connectivity index (χ1n) is 6.02. The van der Waals surface area contributed by atoms with Crippen LogP contribution in [0.2, 0.25) is 0 Å². The Morgan fingerprint density at radius 2 is 2.12 bits per heavy atom. The van der Waals surface area contributed by atoms with E-state index >= 15 is 0 Å². The third-order valence-corrected chi connectivity index (χ3v) is 3.28. The first-order valence-corrected chi connectivity index (χ1v) is 6.02. The molecule has 1 amide bonds. The number of rotatable bonds is 1. The van der Waals surface area contributed by atoms with E-state index in [0.717, 1.165) is 19.5 Å². The van der Waals surface area contributed by atoms with Crippen LogP contribution >= 0.6 is 0 Å². The summed E-state index contributed by atoms with van der Waals surface area (Å²) in [4.78, 5) is 14.1. The molecule has 1 fully saturated rings. The van der Waals surface area contributed by atoms with Crippen LogP contribution in [0.4, 0.5) is 11.4 Å². The quantitative estimate of drug-likeness (QED) is 0.725. The minimum atomic E-state index is 0.0586. The predicted octanol–water partition coefficient (Wildman–Crippen LogP) is 1.72. The Labute approximate surface area is 102 Å². The number of hydrogen-bond acceptors (Lipinski definition) is 3. The van der Waals surface area contributed by atoms with Gasteiger partial charge in [0.05, 0.1) is 11.4 Å². The van der Waals surface area contributed by atoms with Crippen molar-refractivity contribution >= 4 is 17.3 Å². The van der Waals surface area contributed by atoms with Crippen LogP contribution in [0.5, 0.6) is 0 Å². The van der Waals surface area contributed by atoms with E-state index in [0.29, 0.717) is 22.9 Å². The second kappa shape index (κ2) is 4.65. The molecule has 1 aromatic rings. The summed E-state index contributed by atoms with van der Waals surface area (Å²) in [5.74, 6) is 0.641. The molecule has 1 unspecified atom stereocenters. The van der Waals surface area contributed by atoms with E-state index in [4.69, 9.17) is 11.5 Å². The molecule has 2 rings (SSSR count). The van der Waals surface area contributed by atoms with Crippen LogP contribution in [-0.4, -0.2) is 23.9 Å². The molecule has 0 spiro atoms. The van der Waals surface area contributed by atoms with E-state index in [9.17, 15) is 4.79 Å². The van der Waals surface area contributed by atoms with Crippen LogP contribution < -0.4 is 11.5 Å². The maximum atomic E-state index is 12.2. The van der Waals surface area contributed by atoms with Gasteiger partial charge in [-0.15, -0.1) is 0 Å². The van der Waals surface area contributed by atoms with Gasteiger partial charge in [-0.3, -0.25) is 4.79 Å². The number of hydrogen-bond donors (Lipinski definition) is 2. The minimum absolute atomic E-state index is 0.0586. The molecule has 0 aliphatic carbocycles. The lowest BCUT2D eigenvalue weighted by Gasteiger charge is -2.31. The monoisotopic (exact) mass is 233 g/mol. The molecule has 1 atom stereocenters. The van der Waals surface area contributed by atoms with Gasteiger partial charge < -0.3 is 16.4 Å². The van der Waals surface area contributed by atoms with Crippen molar-refractivity contribution in [2.24, 2.45) is 5.92 Å². The van der Waals surface area contributed by atoms with E-state index in [1.54, 1.807) is 18.2 Å². The Bertz CT molecular complexity index is 431. The molecule has 1 aliphatic heterocycles. The van der Waals surface area contributed by atoms with Crippen molar-refractivity contribution < 1.29 is 4.79 Å². The first-order chi connectivity index (χ1) is 8.08. The van der Waals surface area contributed by atoms with Gasteiger partial charge in [0.15, 0.2) is 0 Å². The zero-order valence-electron chi connectivity index (χ0n) is 10.1. The van der Waals surface area contributed by atoms with Gasteiger partial charge in [0.25, 0.3) is 5.91 Å². The van der Waals surface area contributed by atoms with Crippen molar-refractivity contribution in [2.45, 2.75) is 19.8 Å². The van der Waals surface area contributed by atoms with Gasteiger partial charge in [0.1, 0.15) is 0 Å². The minimum Gasteiger partial charge on any atom is -0.397 e. The van der Waals surface area contributed by atoms with E-state index in [1.165, 1.54) is 6.42 Å². The summed E-state index contributed by atoms with van der Waals surface area (Å²) in [6.07, 6.45) is 2.28. The van der Waals surface area contributed by atoms with Crippen LogP contribution in [0.3, 0.4) is 0 Å². The van der Waals surface area contributed by atoms with Crippen molar-refractivity contribution in [2.75, 3.05) is 24.6 Å². The Hall–Kier alpha value is -1.71. The molecule has 4 nitrogen and oxygen atoms in total. The molecule has 0 radical (unpaired) electrons. The number of carbonyl (C=O) groups excluding carboxylic acids is 1. The van der Waals surface area contributed by atoms with Crippen LogP contribution in [-0.2, 0) is 0 Å². The van der Waals surface area contributed by atoms with Crippen LogP contribution in [0.15, 0.2) is 18.2 Å². The van der Waals surface area contributed by atoms with E-state index in [1.807, 2.05) is 4.90 Å². The number of likely N-dealkylation sites (tertiary alicyclic amines) is 1. The third kappa shape index (κ3) is 2.52. The molecule has 0 aromatic heterocycles. The molecule has 0 bridgehead atoms. The zero-order valence-corrected chi connectivity index (χ0v) is 10.1. The van der Waals surface area contributed by atoms with E-state index in [-0.39, 0.29) is 5.91 Å². The Morgan fingerprint density at radius 3 is 2.76 bits per heavy atom. The van der Waals surface area contributed by atoms with Crippen LogP contribution in [0.25, 0.3) is 0 Å². The maximum absolute atomic E-state index is 12.2. The number of nitrogen functional groups attached to an aromatic ring is 2. The number of benzene rings is 1. The molecule has 1 saturated heterocycles. The smallest absolute Gasteiger partial charge is 0.253 e. The number of amides is 1. The number of nitrogens with zero attached hydrogens (tertiary/aromatic N) is 1. The van der Waals surface area contributed by atoms with Gasteiger partial charge in [-0.25, -0.2) is 0 Å². The van der Waals surface area contributed by atoms with Gasteiger partial charge in [-0.1, -0.05) is 6.92 Å². The summed E-state index contributed by atoms with van der Waals surface area (Å²) in [5.41, 5.74) is 13.0. The second-order valence-corrected chi connectivity index (χ2v) is 4.84. The molecule has 4 heteroatoms. The fourth-order valence-corrected chi connectivity index (χ4v) is 2.26. The fourth-order valence-electron chi connectivity index (χ4n) is 2.26. The van der Waals surface area contributed by atoms with E-state index in [2.05, 4.69) is 6.92 Å². The number of anilines is 2. The molecule has 92 valence electrons. The largest absolute Gasteiger partial charge is 0.397 e. The van der Waals surface area contributed by atoms with Crippen LogP contribution in [0.1, 0.15) is 30.1 Å². The normalized spacial score (nSPS) is 20.3. The highest BCUT2D eigenvalue weighted by atomic mass is 16.2. The SMILES string of the molecule is CC1CCCN(C(=O)c2ccc(N)c(N)c2)C1. The predicted molar refractivity (Wildman–Crippen MR) is 69.6 cm³/mol. The lowest BCUT2D eigenvalue weighted by Crippen LogP contribution is -2.39. The zero-order chi connectivity index (χ0) is 12.4.